The summed E-state index contributed by atoms with van der Waals surface area (Å²) in [5.74, 6) is 0. The molecule has 1 aliphatic carbocycles. The molecule has 0 aliphatic heterocycles. The highest BCUT2D eigenvalue weighted by molar-refractivity contribution is 5.81. The van der Waals surface area contributed by atoms with Gasteiger partial charge in [0.2, 0.25) is 0 Å². The average molecular weight is 273 g/mol. The van der Waals surface area contributed by atoms with Gasteiger partial charge < -0.3 is 10.5 Å². The molecule has 1 heterocycles. The molecule has 1 aliphatic rings. The highest BCUT2D eigenvalue weighted by Crippen LogP contribution is 2.23. The third-order valence-electron chi connectivity index (χ3n) is 4.16. The van der Waals surface area contributed by atoms with E-state index in [2.05, 4.69) is 36.3 Å². The van der Waals surface area contributed by atoms with Gasteiger partial charge >= 0.3 is 0 Å². The smallest absolute Gasteiger partial charge is 0.0960 e. The fraction of sp³-hybridized carbons (Fsp3) is 0.562. The molecule has 0 bridgehead atoms. The summed E-state index contributed by atoms with van der Waals surface area (Å²) < 4.78 is 8.09. The summed E-state index contributed by atoms with van der Waals surface area (Å²) in [6.07, 6.45) is 4.71. The van der Waals surface area contributed by atoms with Crippen LogP contribution in [0.25, 0.3) is 10.9 Å². The topological polar surface area (TPSA) is 53.1 Å². The maximum atomic E-state index is 6.05. The zero-order valence-electron chi connectivity index (χ0n) is 12.1. The summed E-state index contributed by atoms with van der Waals surface area (Å²) in [7, 11) is 0. The van der Waals surface area contributed by atoms with Crippen LogP contribution in [0.1, 0.15) is 38.3 Å². The predicted octanol–water partition coefficient (Wildman–Crippen LogP) is 2.84. The molecule has 1 fully saturated rings. The van der Waals surface area contributed by atoms with Gasteiger partial charge in [-0.3, -0.25) is 4.68 Å². The first-order valence-corrected chi connectivity index (χ1v) is 7.59. The van der Waals surface area contributed by atoms with Crippen molar-refractivity contribution in [2.24, 2.45) is 5.73 Å². The van der Waals surface area contributed by atoms with Crippen LogP contribution < -0.4 is 5.73 Å². The molecular formula is C16H23N3O. The van der Waals surface area contributed by atoms with Crippen LogP contribution in [0.4, 0.5) is 0 Å². The maximum Gasteiger partial charge on any atom is 0.0960 e. The lowest BCUT2D eigenvalue weighted by Gasteiger charge is -2.26. The Morgan fingerprint density at radius 3 is 3.00 bits per heavy atom. The number of hydrogen-bond acceptors (Lipinski definition) is 3. The van der Waals surface area contributed by atoms with Gasteiger partial charge in [0.05, 0.1) is 23.9 Å². The van der Waals surface area contributed by atoms with Crippen molar-refractivity contribution >= 4 is 10.9 Å². The van der Waals surface area contributed by atoms with E-state index in [-0.39, 0.29) is 0 Å². The minimum Gasteiger partial charge on any atom is -0.372 e. The molecule has 20 heavy (non-hydrogen) atoms. The van der Waals surface area contributed by atoms with Crippen LogP contribution in [0.5, 0.6) is 0 Å². The Balaban J connectivity index is 1.74. The van der Waals surface area contributed by atoms with E-state index in [9.17, 15) is 0 Å². The zero-order chi connectivity index (χ0) is 13.9. The number of rotatable bonds is 4. The maximum absolute atomic E-state index is 6.05. The Morgan fingerprint density at radius 1 is 1.35 bits per heavy atom. The van der Waals surface area contributed by atoms with Crippen molar-refractivity contribution < 1.29 is 4.74 Å². The third kappa shape index (κ3) is 2.72. The Morgan fingerprint density at radius 2 is 2.20 bits per heavy atom. The van der Waals surface area contributed by atoms with E-state index in [1.165, 1.54) is 17.3 Å². The molecule has 3 rings (SSSR count). The summed E-state index contributed by atoms with van der Waals surface area (Å²) in [6, 6.07) is 8.66. The molecule has 2 N–H and O–H groups in total. The summed E-state index contributed by atoms with van der Waals surface area (Å²) in [5, 5.41) is 5.87. The normalized spacial score (nSPS) is 23.3. The summed E-state index contributed by atoms with van der Waals surface area (Å²) >= 11 is 0. The standard InChI is InChI=1S/C16H23N3O/c1-2-19-16-9-4-3-8-14(16)15(18-19)11-20-13-7-5-6-12(17)10-13/h3-4,8-9,12-13H,2,5-7,10-11,17H2,1H3. The molecule has 4 heteroatoms. The predicted molar refractivity (Wildman–Crippen MR) is 80.4 cm³/mol. The Labute approximate surface area is 119 Å². The van der Waals surface area contributed by atoms with Crippen molar-refractivity contribution in [1.82, 2.24) is 9.78 Å². The van der Waals surface area contributed by atoms with E-state index in [0.29, 0.717) is 18.8 Å². The SMILES string of the molecule is CCn1nc(COC2CCCC(N)C2)c2ccccc21. The number of para-hydroxylation sites is 1. The number of aromatic nitrogens is 2. The fourth-order valence-corrected chi connectivity index (χ4v) is 3.07. The van der Waals surface area contributed by atoms with Gasteiger partial charge in [0, 0.05) is 18.0 Å². The lowest BCUT2D eigenvalue weighted by molar-refractivity contribution is 0.0110. The van der Waals surface area contributed by atoms with Gasteiger partial charge in [-0.15, -0.1) is 0 Å². The first-order chi connectivity index (χ1) is 9.78. The van der Waals surface area contributed by atoms with Gasteiger partial charge in [-0.1, -0.05) is 18.2 Å². The van der Waals surface area contributed by atoms with Crippen LogP contribution in [-0.2, 0) is 17.9 Å². The number of benzene rings is 1. The second-order valence-electron chi connectivity index (χ2n) is 5.64. The molecule has 108 valence electrons. The minimum absolute atomic E-state index is 0.296. The molecule has 0 amide bonds. The molecule has 2 aromatic rings. The highest BCUT2D eigenvalue weighted by Gasteiger charge is 2.20. The van der Waals surface area contributed by atoms with Crippen LogP contribution in [-0.4, -0.2) is 21.9 Å². The minimum atomic E-state index is 0.296. The quantitative estimate of drug-likeness (QED) is 0.932. The second kappa shape index (κ2) is 5.94. The lowest BCUT2D eigenvalue weighted by Crippen LogP contribution is -2.32. The fourth-order valence-electron chi connectivity index (χ4n) is 3.07. The van der Waals surface area contributed by atoms with E-state index in [1.54, 1.807) is 0 Å². The first kappa shape index (κ1) is 13.6. The molecule has 0 saturated heterocycles. The largest absolute Gasteiger partial charge is 0.372 e. The van der Waals surface area contributed by atoms with Gasteiger partial charge in [0.1, 0.15) is 0 Å². The van der Waals surface area contributed by atoms with Gasteiger partial charge in [0.15, 0.2) is 0 Å². The van der Waals surface area contributed by atoms with Crippen molar-refractivity contribution in [3.63, 3.8) is 0 Å². The van der Waals surface area contributed by atoms with Crippen molar-refractivity contribution in [3.05, 3.63) is 30.0 Å². The van der Waals surface area contributed by atoms with E-state index < -0.39 is 0 Å². The van der Waals surface area contributed by atoms with Gasteiger partial charge in [-0.05, 0) is 38.7 Å². The van der Waals surface area contributed by atoms with Crippen LogP contribution in [0, 0.1) is 0 Å². The number of nitrogens with two attached hydrogens (primary N) is 1. The van der Waals surface area contributed by atoms with Gasteiger partial charge in [0.25, 0.3) is 0 Å². The second-order valence-corrected chi connectivity index (χ2v) is 5.64. The van der Waals surface area contributed by atoms with Gasteiger partial charge in [-0.25, -0.2) is 0 Å². The molecular weight excluding hydrogens is 250 g/mol. The van der Waals surface area contributed by atoms with Crippen molar-refractivity contribution in [1.29, 1.82) is 0 Å². The van der Waals surface area contributed by atoms with E-state index in [1.807, 2.05) is 4.68 Å². The molecule has 1 aromatic carbocycles. The molecule has 1 saturated carbocycles. The average Bonchev–Trinajstić information content (AvgIpc) is 2.83. The van der Waals surface area contributed by atoms with Crippen molar-refractivity contribution in [3.8, 4) is 0 Å². The monoisotopic (exact) mass is 273 g/mol. The Hall–Kier alpha value is -1.39. The van der Waals surface area contributed by atoms with E-state index in [0.717, 1.165) is 31.5 Å². The van der Waals surface area contributed by atoms with Crippen molar-refractivity contribution in [2.75, 3.05) is 0 Å². The first-order valence-electron chi connectivity index (χ1n) is 7.59. The summed E-state index contributed by atoms with van der Waals surface area (Å²) in [5.41, 5.74) is 8.24. The number of nitrogens with zero attached hydrogens (tertiary/aromatic N) is 2. The zero-order valence-corrected chi connectivity index (χ0v) is 12.1. The molecule has 1 aromatic heterocycles. The highest BCUT2D eigenvalue weighted by atomic mass is 16.5. The van der Waals surface area contributed by atoms with E-state index >= 15 is 0 Å². The lowest BCUT2D eigenvalue weighted by atomic mass is 9.93. The number of aryl methyl sites for hydroxylation is 1. The number of ether oxygens (including phenoxy) is 1. The summed E-state index contributed by atoms with van der Waals surface area (Å²) in [6.45, 7) is 3.59. The van der Waals surface area contributed by atoms with Crippen LogP contribution in [0.15, 0.2) is 24.3 Å². The number of hydrogen-bond donors (Lipinski definition) is 1. The summed E-state index contributed by atoms with van der Waals surface area (Å²) in [4.78, 5) is 0. The van der Waals surface area contributed by atoms with E-state index in [4.69, 9.17) is 10.5 Å². The molecule has 2 atom stereocenters. The Kier molecular flexibility index (Phi) is 4.03. The van der Waals surface area contributed by atoms with Crippen molar-refractivity contribution in [2.45, 2.75) is 57.9 Å². The number of fused-ring (bicyclic) bond motifs is 1. The molecule has 0 radical (unpaired) electrons. The van der Waals surface area contributed by atoms with Crippen LogP contribution in [0.3, 0.4) is 0 Å². The Bertz CT molecular complexity index is 578. The molecule has 0 spiro atoms. The molecule has 4 nitrogen and oxygen atoms in total. The molecule has 2 unspecified atom stereocenters. The van der Waals surface area contributed by atoms with Gasteiger partial charge in [-0.2, -0.15) is 5.10 Å². The third-order valence-corrected chi connectivity index (χ3v) is 4.16. The van der Waals surface area contributed by atoms with Crippen LogP contribution >= 0.6 is 0 Å². The van der Waals surface area contributed by atoms with Crippen LogP contribution in [0.2, 0.25) is 0 Å².